The number of benzene rings is 1. The zero-order valence-corrected chi connectivity index (χ0v) is 12.2. The van der Waals surface area contributed by atoms with Crippen LogP contribution in [0.2, 0.25) is 0 Å². The minimum atomic E-state index is -0.584. The molecule has 0 unspecified atom stereocenters. The summed E-state index contributed by atoms with van der Waals surface area (Å²) >= 11 is 0. The van der Waals surface area contributed by atoms with Crippen LogP contribution >= 0.6 is 0 Å². The number of carbonyl (C=O) groups excluding carboxylic acids is 2. The third-order valence-electron chi connectivity index (χ3n) is 3.30. The lowest BCUT2D eigenvalue weighted by Gasteiger charge is -2.01. The van der Waals surface area contributed by atoms with Crippen molar-refractivity contribution in [2.75, 3.05) is 6.61 Å². The first-order chi connectivity index (χ1) is 10.5. The van der Waals surface area contributed by atoms with E-state index >= 15 is 0 Å². The molecule has 1 aromatic carbocycles. The van der Waals surface area contributed by atoms with Crippen molar-refractivity contribution < 1.29 is 23.2 Å². The average molecular weight is 298 g/mol. The Balaban J connectivity index is 1.69. The first-order valence-corrected chi connectivity index (χ1v) is 6.80. The summed E-state index contributed by atoms with van der Waals surface area (Å²) in [5.41, 5.74) is 0.952. The highest BCUT2D eigenvalue weighted by Gasteiger charge is 2.18. The number of carbonyl (C=O) groups is 2. The molecule has 0 aliphatic heterocycles. The van der Waals surface area contributed by atoms with Crippen LogP contribution in [0, 0.1) is 13.8 Å². The maximum absolute atomic E-state index is 12.0. The molecule has 3 rings (SSSR count). The van der Waals surface area contributed by atoms with E-state index in [0.29, 0.717) is 22.7 Å². The Morgan fingerprint density at radius 1 is 1.09 bits per heavy atom. The fourth-order valence-corrected chi connectivity index (χ4v) is 2.23. The van der Waals surface area contributed by atoms with Crippen LogP contribution < -0.4 is 0 Å². The summed E-state index contributed by atoms with van der Waals surface area (Å²) in [6, 6.07) is 10.5. The van der Waals surface area contributed by atoms with Crippen LogP contribution in [0.3, 0.4) is 0 Å². The van der Waals surface area contributed by atoms with E-state index in [-0.39, 0.29) is 18.2 Å². The minimum Gasteiger partial charge on any atom is -0.466 e. The lowest BCUT2D eigenvalue weighted by Crippen LogP contribution is -2.13. The van der Waals surface area contributed by atoms with Crippen LogP contribution in [0.1, 0.15) is 32.4 Å². The van der Waals surface area contributed by atoms with E-state index in [1.807, 2.05) is 18.2 Å². The Bertz CT molecular complexity index is 820. The summed E-state index contributed by atoms with van der Waals surface area (Å²) in [5.74, 6) is 0.294. The number of fused-ring (bicyclic) bond motifs is 1. The first kappa shape index (κ1) is 14.1. The number of Topliss-reactive ketones (excluding diaryl/α,β-unsaturated/α-hetero) is 1. The SMILES string of the molecule is Cc1cc(C(=O)OCC(=O)c2cc3ccccc3o2)c(C)o1. The number of esters is 1. The molecule has 0 spiro atoms. The van der Waals surface area contributed by atoms with Crippen molar-refractivity contribution in [3.8, 4) is 0 Å². The van der Waals surface area contributed by atoms with Crippen molar-refractivity contribution in [3.63, 3.8) is 0 Å². The van der Waals surface area contributed by atoms with Crippen molar-refractivity contribution in [1.29, 1.82) is 0 Å². The molecule has 2 heterocycles. The Kier molecular flexibility index (Phi) is 3.55. The maximum Gasteiger partial charge on any atom is 0.342 e. The Morgan fingerprint density at radius 3 is 2.55 bits per heavy atom. The van der Waals surface area contributed by atoms with Crippen LogP contribution in [0.25, 0.3) is 11.0 Å². The molecule has 0 atom stereocenters. The number of furan rings is 2. The smallest absolute Gasteiger partial charge is 0.342 e. The second-order valence-corrected chi connectivity index (χ2v) is 4.97. The van der Waals surface area contributed by atoms with Gasteiger partial charge in [0, 0.05) is 5.39 Å². The van der Waals surface area contributed by atoms with Gasteiger partial charge in [-0.25, -0.2) is 4.79 Å². The average Bonchev–Trinajstić information content (AvgIpc) is 3.07. The summed E-state index contributed by atoms with van der Waals surface area (Å²) in [6.45, 7) is 3.04. The highest BCUT2D eigenvalue weighted by molar-refractivity contribution is 6.00. The van der Waals surface area contributed by atoms with E-state index < -0.39 is 5.97 Å². The zero-order chi connectivity index (χ0) is 15.7. The molecule has 3 aromatic rings. The predicted octanol–water partition coefficient (Wildman–Crippen LogP) is 3.68. The zero-order valence-electron chi connectivity index (χ0n) is 12.2. The van der Waals surface area contributed by atoms with E-state index in [4.69, 9.17) is 13.6 Å². The highest BCUT2D eigenvalue weighted by Crippen LogP contribution is 2.19. The number of ether oxygens (including phenoxy) is 1. The number of ketones is 1. The number of hydrogen-bond donors (Lipinski definition) is 0. The van der Waals surface area contributed by atoms with Crippen LogP contribution in [-0.4, -0.2) is 18.4 Å². The van der Waals surface area contributed by atoms with Gasteiger partial charge in [-0.3, -0.25) is 4.79 Å². The van der Waals surface area contributed by atoms with Crippen molar-refractivity contribution in [1.82, 2.24) is 0 Å². The van der Waals surface area contributed by atoms with Gasteiger partial charge in [0.2, 0.25) is 5.78 Å². The van der Waals surface area contributed by atoms with Gasteiger partial charge < -0.3 is 13.6 Å². The molecule has 0 bridgehead atoms. The quantitative estimate of drug-likeness (QED) is 0.543. The summed E-state index contributed by atoms with van der Waals surface area (Å²) < 4.78 is 15.7. The van der Waals surface area contributed by atoms with Gasteiger partial charge in [0.1, 0.15) is 22.7 Å². The van der Waals surface area contributed by atoms with Crippen LogP contribution in [-0.2, 0) is 4.74 Å². The van der Waals surface area contributed by atoms with Crippen LogP contribution in [0.5, 0.6) is 0 Å². The fourth-order valence-electron chi connectivity index (χ4n) is 2.23. The van der Waals surface area contributed by atoms with E-state index in [9.17, 15) is 9.59 Å². The summed E-state index contributed by atoms with van der Waals surface area (Å²) in [4.78, 5) is 24.0. The van der Waals surface area contributed by atoms with Crippen LogP contribution in [0.4, 0.5) is 0 Å². The molecule has 0 aliphatic carbocycles. The van der Waals surface area contributed by atoms with Gasteiger partial charge in [0.25, 0.3) is 0 Å². The monoisotopic (exact) mass is 298 g/mol. The second kappa shape index (κ2) is 5.52. The Morgan fingerprint density at radius 2 is 1.86 bits per heavy atom. The van der Waals surface area contributed by atoms with Gasteiger partial charge in [-0.15, -0.1) is 0 Å². The summed E-state index contributed by atoms with van der Waals surface area (Å²) in [5, 5.41) is 0.832. The van der Waals surface area contributed by atoms with Crippen molar-refractivity contribution in [2.45, 2.75) is 13.8 Å². The van der Waals surface area contributed by atoms with Gasteiger partial charge in [-0.1, -0.05) is 18.2 Å². The van der Waals surface area contributed by atoms with Gasteiger partial charge >= 0.3 is 5.97 Å². The Hall–Kier alpha value is -2.82. The number of hydrogen-bond acceptors (Lipinski definition) is 5. The number of rotatable bonds is 4. The van der Waals surface area contributed by atoms with E-state index in [2.05, 4.69) is 0 Å². The molecule has 0 fully saturated rings. The van der Waals surface area contributed by atoms with Crippen molar-refractivity contribution in [3.05, 3.63) is 59.2 Å². The van der Waals surface area contributed by atoms with Gasteiger partial charge in [-0.2, -0.15) is 0 Å². The highest BCUT2D eigenvalue weighted by atomic mass is 16.5. The first-order valence-electron chi connectivity index (χ1n) is 6.80. The van der Waals surface area contributed by atoms with Gasteiger partial charge in [0.05, 0.1) is 0 Å². The molecule has 0 saturated heterocycles. The van der Waals surface area contributed by atoms with Crippen molar-refractivity contribution >= 4 is 22.7 Å². The molecule has 0 aliphatic rings. The largest absolute Gasteiger partial charge is 0.466 e. The predicted molar refractivity (Wildman–Crippen MR) is 79.0 cm³/mol. The number of aryl methyl sites for hydroxylation is 2. The molecular formula is C17H14O5. The molecule has 0 N–H and O–H groups in total. The normalized spacial score (nSPS) is 10.8. The second-order valence-electron chi connectivity index (χ2n) is 4.97. The van der Waals surface area contributed by atoms with E-state index in [1.165, 1.54) is 0 Å². The molecule has 2 aromatic heterocycles. The van der Waals surface area contributed by atoms with Gasteiger partial charge in [0.15, 0.2) is 12.4 Å². The molecule has 0 saturated carbocycles. The Labute approximate surface area is 126 Å². The summed E-state index contributed by atoms with van der Waals surface area (Å²) in [7, 11) is 0. The standard InChI is InChI=1S/C17H14O5/c1-10-7-13(11(2)21-10)17(19)20-9-14(18)16-8-12-5-3-4-6-15(12)22-16/h3-8H,9H2,1-2H3. The molecule has 0 amide bonds. The third-order valence-corrected chi connectivity index (χ3v) is 3.30. The molecule has 112 valence electrons. The third kappa shape index (κ3) is 2.65. The lowest BCUT2D eigenvalue weighted by molar-refractivity contribution is 0.0466. The molecular weight excluding hydrogens is 284 g/mol. The van der Waals surface area contributed by atoms with Crippen molar-refractivity contribution in [2.24, 2.45) is 0 Å². The summed E-state index contributed by atoms with van der Waals surface area (Å²) in [6.07, 6.45) is 0. The maximum atomic E-state index is 12.0. The molecule has 0 radical (unpaired) electrons. The minimum absolute atomic E-state index is 0.175. The van der Waals surface area contributed by atoms with Crippen LogP contribution in [0.15, 0.2) is 45.2 Å². The topological polar surface area (TPSA) is 69.7 Å². The molecule has 5 nitrogen and oxygen atoms in total. The molecule has 5 heteroatoms. The van der Waals surface area contributed by atoms with E-state index in [0.717, 1.165) is 5.39 Å². The molecule has 22 heavy (non-hydrogen) atoms. The van der Waals surface area contributed by atoms with Gasteiger partial charge in [-0.05, 0) is 32.0 Å². The lowest BCUT2D eigenvalue weighted by atomic mass is 10.2. The number of para-hydroxylation sites is 1. The van der Waals surface area contributed by atoms with E-state index in [1.54, 1.807) is 32.0 Å². The fraction of sp³-hybridized carbons (Fsp3) is 0.176.